The molecule has 6 heteroatoms. The molecule has 1 aromatic rings. The largest absolute Gasteiger partial charge is 0.376 e. The molecule has 0 aliphatic carbocycles. The van der Waals surface area contributed by atoms with Gasteiger partial charge in [0.1, 0.15) is 0 Å². The van der Waals surface area contributed by atoms with Crippen LogP contribution in [0.2, 0.25) is 0 Å². The van der Waals surface area contributed by atoms with Crippen molar-refractivity contribution in [3.63, 3.8) is 0 Å². The first-order chi connectivity index (χ1) is 12.7. The van der Waals surface area contributed by atoms with Crippen LogP contribution in [-0.2, 0) is 9.53 Å². The molecule has 2 saturated heterocycles. The van der Waals surface area contributed by atoms with Gasteiger partial charge in [-0.3, -0.25) is 9.59 Å². The van der Waals surface area contributed by atoms with Crippen LogP contribution in [0.3, 0.4) is 0 Å². The first-order valence-electron chi connectivity index (χ1n) is 9.74. The lowest BCUT2D eigenvalue weighted by Crippen LogP contribution is -2.35. The van der Waals surface area contributed by atoms with E-state index >= 15 is 0 Å². The molecule has 0 aromatic heterocycles. The molecule has 2 amide bonds. The Bertz CT molecular complexity index is 606. The molecule has 0 spiro atoms. The lowest BCUT2D eigenvalue weighted by Gasteiger charge is -2.20. The van der Waals surface area contributed by atoms with E-state index in [2.05, 4.69) is 10.6 Å². The third-order valence-corrected chi connectivity index (χ3v) is 5.01. The van der Waals surface area contributed by atoms with Crippen LogP contribution < -0.4 is 10.6 Å². The summed E-state index contributed by atoms with van der Waals surface area (Å²) in [6, 6.07) is 7.42. The monoisotopic (exact) mass is 359 g/mol. The summed E-state index contributed by atoms with van der Waals surface area (Å²) in [5.41, 5.74) is 1.47. The van der Waals surface area contributed by atoms with Crippen LogP contribution in [0.5, 0.6) is 0 Å². The van der Waals surface area contributed by atoms with Gasteiger partial charge in [-0.2, -0.15) is 0 Å². The van der Waals surface area contributed by atoms with E-state index in [0.717, 1.165) is 51.1 Å². The quantitative estimate of drug-likeness (QED) is 0.818. The van der Waals surface area contributed by atoms with Crippen molar-refractivity contribution in [1.29, 1.82) is 0 Å². The highest BCUT2D eigenvalue weighted by Gasteiger charge is 2.18. The van der Waals surface area contributed by atoms with Gasteiger partial charge in [-0.25, -0.2) is 0 Å². The topological polar surface area (TPSA) is 70.7 Å². The summed E-state index contributed by atoms with van der Waals surface area (Å²) in [6.45, 7) is 3.21. The number of hydrogen-bond donors (Lipinski definition) is 2. The number of nitrogens with zero attached hydrogens (tertiary/aromatic N) is 1. The molecular weight excluding hydrogens is 330 g/mol. The van der Waals surface area contributed by atoms with Crippen molar-refractivity contribution in [2.75, 3.05) is 38.1 Å². The van der Waals surface area contributed by atoms with Gasteiger partial charge >= 0.3 is 0 Å². The van der Waals surface area contributed by atoms with Gasteiger partial charge in [0.25, 0.3) is 5.91 Å². The summed E-state index contributed by atoms with van der Waals surface area (Å²) in [7, 11) is 0. The minimum absolute atomic E-state index is 0.0650. The van der Waals surface area contributed by atoms with Gasteiger partial charge < -0.3 is 20.3 Å². The smallest absolute Gasteiger partial charge is 0.253 e. The number of carbonyl (C=O) groups is 2. The number of rotatable bonds is 6. The van der Waals surface area contributed by atoms with Crippen molar-refractivity contribution in [2.24, 2.45) is 0 Å². The van der Waals surface area contributed by atoms with Crippen LogP contribution >= 0.6 is 0 Å². The molecule has 2 N–H and O–H groups in total. The molecule has 26 heavy (non-hydrogen) atoms. The van der Waals surface area contributed by atoms with Crippen molar-refractivity contribution in [2.45, 2.75) is 44.6 Å². The van der Waals surface area contributed by atoms with Gasteiger partial charge in [0, 0.05) is 37.5 Å². The summed E-state index contributed by atoms with van der Waals surface area (Å²) in [5, 5.41) is 6.00. The number of nitrogens with one attached hydrogen (secondary N) is 2. The molecule has 142 valence electrons. The van der Waals surface area contributed by atoms with Crippen LogP contribution in [0, 0.1) is 0 Å². The number of amides is 2. The summed E-state index contributed by atoms with van der Waals surface area (Å²) in [4.78, 5) is 26.6. The maximum Gasteiger partial charge on any atom is 0.253 e. The Morgan fingerprint density at radius 2 is 1.92 bits per heavy atom. The number of likely N-dealkylation sites (tertiary alicyclic amines) is 1. The SMILES string of the molecule is O=C(CNc1cccc(C(=O)N2CCCCCC2)c1)NCC1CCCO1. The van der Waals surface area contributed by atoms with Crippen molar-refractivity contribution in [3.05, 3.63) is 29.8 Å². The number of ether oxygens (including phenoxy) is 1. The van der Waals surface area contributed by atoms with Gasteiger partial charge in [-0.15, -0.1) is 0 Å². The highest BCUT2D eigenvalue weighted by atomic mass is 16.5. The zero-order valence-electron chi connectivity index (χ0n) is 15.3. The predicted octanol–water partition coefficient (Wildman–Crippen LogP) is 2.41. The van der Waals surface area contributed by atoms with Gasteiger partial charge in [0.2, 0.25) is 5.91 Å². The molecule has 2 heterocycles. The minimum Gasteiger partial charge on any atom is -0.376 e. The maximum atomic E-state index is 12.7. The Hall–Kier alpha value is -2.08. The predicted molar refractivity (Wildman–Crippen MR) is 101 cm³/mol. The Labute approximate surface area is 155 Å². The molecule has 1 atom stereocenters. The molecule has 1 aromatic carbocycles. The van der Waals surface area contributed by atoms with Crippen molar-refractivity contribution in [3.8, 4) is 0 Å². The average molecular weight is 359 g/mol. The molecule has 0 radical (unpaired) electrons. The van der Waals surface area contributed by atoms with Gasteiger partial charge in [0.15, 0.2) is 0 Å². The van der Waals surface area contributed by atoms with E-state index in [-0.39, 0.29) is 24.5 Å². The fraction of sp³-hybridized carbons (Fsp3) is 0.600. The molecule has 2 aliphatic rings. The van der Waals surface area contributed by atoms with E-state index in [1.165, 1.54) is 12.8 Å². The highest BCUT2D eigenvalue weighted by Crippen LogP contribution is 2.16. The van der Waals surface area contributed by atoms with Crippen LogP contribution in [-0.4, -0.2) is 55.6 Å². The third kappa shape index (κ3) is 5.46. The molecule has 2 aliphatic heterocycles. The third-order valence-electron chi connectivity index (χ3n) is 5.01. The highest BCUT2D eigenvalue weighted by molar-refractivity contribution is 5.95. The van der Waals surface area contributed by atoms with E-state index in [9.17, 15) is 9.59 Å². The van der Waals surface area contributed by atoms with E-state index in [0.29, 0.717) is 12.1 Å². The minimum atomic E-state index is -0.0650. The Morgan fingerprint density at radius 3 is 2.65 bits per heavy atom. The van der Waals surface area contributed by atoms with Crippen LogP contribution in [0.25, 0.3) is 0 Å². The zero-order valence-corrected chi connectivity index (χ0v) is 15.3. The van der Waals surface area contributed by atoms with Crippen LogP contribution in [0.15, 0.2) is 24.3 Å². The Morgan fingerprint density at radius 1 is 1.12 bits per heavy atom. The number of carbonyl (C=O) groups excluding carboxylic acids is 2. The fourth-order valence-electron chi connectivity index (χ4n) is 3.50. The van der Waals surface area contributed by atoms with E-state index in [4.69, 9.17) is 4.74 Å². The molecule has 2 fully saturated rings. The second-order valence-corrected chi connectivity index (χ2v) is 7.08. The molecule has 6 nitrogen and oxygen atoms in total. The lowest BCUT2D eigenvalue weighted by atomic mass is 10.1. The summed E-state index contributed by atoms with van der Waals surface area (Å²) >= 11 is 0. The summed E-state index contributed by atoms with van der Waals surface area (Å²) < 4.78 is 5.50. The van der Waals surface area contributed by atoms with Crippen LogP contribution in [0.4, 0.5) is 5.69 Å². The second kappa shape index (κ2) is 9.57. The van der Waals surface area contributed by atoms with Gasteiger partial charge in [0.05, 0.1) is 12.6 Å². The Balaban J connectivity index is 1.48. The molecule has 0 saturated carbocycles. The number of hydrogen-bond acceptors (Lipinski definition) is 4. The molecule has 0 bridgehead atoms. The zero-order chi connectivity index (χ0) is 18.2. The maximum absolute atomic E-state index is 12.7. The first-order valence-corrected chi connectivity index (χ1v) is 9.74. The lowest BCUT2D eigenvalue weighted by molar-refractivity contribution is -0.119. The number of anilines is 1. The number of benzene rings is 1. The van der Waals surface area contributed by atoms with Gasteiger partial charge in [-0.05, 0) is 43.9 Å². The molecule has 3 rings (SSSR count). The van der Waals surface area contributed by atoms with E-state index < -0.39 is 0 Å². The first kappa shape index (κ1) is 18.7. The van der Waals surface area contributed by atoms with Crippen molar-refractivity contribution < 1.29 is 14.3 Å². The summed E-state index contributed by atoms with van der Waals surface area (Å²) in [6.07, 6.45) is 6.78. The summed E-state index contributed by atoms with van der Waals surface area (Å²) in [5.74, 6) is 0.0168. The second-order valence-electron chi connectivity index (χ2n) is 7.08. The normalized spacial score (nSPS) is 20.5. The fourth-order valence-corrected chi connectivity index (χ4v) is 3.50. The van der Waals surface area contributed by atoms with Crippen LogP contribution in [0.1, 0.15) is 48.9 Å². The standard InChI is InChI=1S/C20H29N3O3/c24-19(22-14-18-9-6-12-26-18)15-21-17-8-5-7-16(13-17)20(25)23-10-3-1-2-4-11-23/h5,7-8,13,18,21H,1-4,6,9-12,14-15H2,(H,22,24). The Kier molecular flexibility index (Phi) is 6.89. The van der Waals surface area contributed by atoms with E-state index in [1.54, 1.807) is 0 Å². The average Bonchev–Trinajstić information content (AvgIpc) is 3.05. The molecular formula is C20H29N3O3. The van der Waals surface area contributed by atoms with Crippen molar-refractivity contribution >= 4 is 17.5 Å². The van der Waals surface area contributed by atoms with E-state index in [1.807, 2.05) is 29.2 Å². The van der Waals surface area contributed by atoms with Crippen molar-refractivity contribution in [1.82, 2.24) is 10.2 Å². The molecule has 1 unspecified atom stereocenters. The van der Waals surface area contributed by atoms with Gasteiger partial charge in [-0.1, -0.05) is 18.9 Å².